The fourth-order valence-electron chi connectivity index (χ4n) is 2.75. The van der Waals surface area contributed by atoms with E-state index in [1.54, 1.807) is 18.3 Å². The van der Waals surface area contributed by atoms with Crippen LogP contribution in [0.2, 0.25) is 0 Å². The molecule has 1 atom stereocenters. The van der Waals surface area contributed by atoms with Crippen molar-refractivity contribution in [3.05, 3.63) is 16.3 Å². The molecule has 1 unspecified atom stereocenters. The van der Waals surface area contributed by atoms with Crippen LogP contribution >= 0.6 is 23.1 Å². The van der Waals surface area contributed by atoms with Gasteiger partial charge in [0.25, 0.3) is 0 Å². The summed E-state index contributed by atoms with van der Waals surface area (Å²) < 4.78 is 0. The molecule has 0 fully saturated rings. The number of carbonyl (C=O) groups is 2. The van der Waals surface area contributed by atoms with Crippen molar-refractivity contribution in [2.45, 2.75) is 49.8 Å². The SMILES string of the molecule is Cc1nc(SC(C)C(=O)NC(N)=O)c2c3c(sc2n1)CCCC3. The van der Waals surface area contributed by atoms with Crippen LogP contribution in [0.4, 0.5) is 4.79 Å². The summed E-state index contributed by atoms with van der Waals surface area (Å²) in [5.74, 6) is 0.289. The Labute approximate surface area is 142 Å². The normalized spacial score (nSPS) is 15.2. The molecule has 0 bridgehead atoms. The van der Waals surface area contributed by atoms with Crippen LogP contribution in [-0.4, -0.2) is 27.2 Å². The number of rotatable bonds is 3. The van der Waals surface area contributed by atoms with Gasteiger partial charge in [-0.3, -0.25) is 10.1 Å². The maximum Gasteiger partial charge on any atom is 0.318 e. The first-order valence-corrected chi connectivity index (χ1v) is 9.21. The average molecular weight is 350 g/mol. The molecule has 0 spiro atoms. The number of primary amides is 1. The smallest absolute Gasteiger partial charge is 0.318 e. The highest BCUT2D eigenvalue weighted by molar-refractivity contribution is 8.00. The second kappa shape index (κ2) is 6.45. The van der Waals surface area contributed by atoms with Crippen molar-refractivity contribution in [2.24, 2.45) is 5.73 Å². The van der Waals surface area contributed by atoms with Crippen LogP contribution in [0.25, 0.3) is 10.2 Å². The molecule has 1 aliphatic carbocycles. The van der Waals surface area contributed by atoms with Gasteiger partial charge in [-0.1, -0.05) is 11.8 Å². The summed E-state index contributed by atoms with van der Waals surface area (Å²) in [6, 6.07) is -0.834. The van der Waals surface area contributed by atoms with Crippen LogP contribution in [0.3, 0.4) is 0 Å². The first kappa shape index (κ1) is 16.2. The van der Waals surface area contributed by atoms with Gasteiger partial charge >= 0.3 is 6.03 Å². The third-order valence-electron chi connectivity index (χ3n) is 3.80. The Morgan fingerprint density at radius 2 is 2.04 bits per heavy atom. The van der Waals surface area contributed by atoms with Crippen molar-refractivity contribution in [3.63, 3.8) is 0 Å². The number of nitrogens with one attached hydrogen (secondary N) is 1. The number of thioether (sulfide) groups is 1. The predicted molar refractivity (Wildman–Crippen MR) is 91.8 cm³/mol. The van der Waals surface area contributed by atoms with Gasteiger partial charge < -0.3 is 5.73 Å². The van der Waals surface area contributed by atoms with E-state index in [-0.39, 0.29) is 0 Å². The second-order valence-corrected chi connectivity index (χ2v) is 7.99. The number of imide groups is 1. The van der Waals surface area contributed by atoms with Gasteiger partial charge in [0.05, 0.1) is 5.25 Å². The number of fused-ring (bicyclic) bond motifs is 3. The zero-order valence-electron chi connectivity index (χ0n) is 13.0. The number of aromatic nitrogens is 2. The molecule has 3 amide bonds. The van der Waals surface area contributed by atoms with Gasteiger partial charge in [-0.15, -0.1) is 11.3 Å². The predicted octanol–water partition coefficient (Wildman–Crippen LogP) is 2.55. The zero-order valence-corrected chi connectivity index (χ0v) is 14.6. The molecule has 23 heavy (non-hydrogen) atoms. The summed E-state index contributed by atoms with van der Waals surface area (Å²) in [5.41, 5.74) is 6.34. The van der Waals surface area contributed by atoms with Gasteiger partial charge in [0.15, 0.2) is 0 Å². The van der Waals surface area contributed by atoms with Crippen LogP contribution < -0.4 is 11.1 Å². The molecule has 3 rings (SSSR count). The van der Waals surface area contributed by atoms with E-state index in [4.69, 9.17) is 5.73 Å². The Kier molecular flexibility index (Phi) is 4.54. The third kappa shape index (κ3) is 3.32. The summed E-state index contributed by atoms with van der Waals surface area (Å²) in [4.78, 5) is 34.3. The summed E-state index contributed by atoms with van der Waals surface area (Å²) >= 11 is 3.09. The summed E-state index contributed by atoms with van der Waals surface area (Å²) in [7, 11) is 0. The summed E-state index contributed by atoms with van der Waals surface area (Å²) in [5, 5.41) is 3.56. The minimum absolute atomic E-state index is 0.406. The van der Waals surface area contributed by atoms with Crippen molar-refractivity contribution >= 4 is 45.3 Å². The maximum atomic E-state index is 11.9. The molecule has 6 nitrogen and oxygen atoms in total. The lowest BCUT2D eigenvalue weighted by atomic mass is 9.97. The van der Waals surface area contributed by atoms with E-state index in [0.717, 1.165) is 28.1 Å². The van der Waals surface area contributed by atoms with E-state index in [1.807, 2.05) is 6.92 Å². The molecule has 1 aliphatic rings. The van der Waals surface area contributed by atoms with Gasteiger partial charge in [-0.25, -0.2) is 14.8 Å². The molecule has 0 saturated heterocycles. The highest BCUT2D eigenvalue weighted by Gasteiger charge is 2.24. The molecule has 0 saturated carbocycles. The van der Waals surface area contributed by atoms with Crippen LogP contribution in [-0.2, 0) is 17.6 Å². The van der Waals surface area contributed by atoms with E-state index in [9.17, 15) is 9.59 Å². The first-order valence-electron chi connectivity index (χ1n) is 7.51. The number of urea groups is 1. The van der Waals surface area contributed by atoms with Crippen molar-refractivity contribution in [2.75, 3.05) is 0 Å². The van der Waals surface area contributed by atoms with Gasteiger partial charge in [-0.2, -0.15) is 0 Å². The van der Waals surface area contributed by atoms with E-state index in [1.165, 1.54) is 35.0 Å². The number of amides is 3. The molecule has 3 N–H and O–H groups in total. The minimum atomic E-state index is -0.834. The van der Waals surface area contributed by atoms with Crippen LogP contribution in [0.1, 0.15) is 36.0 Å². The lowest BCUT2D eigenvalue weighted by Crippen LogP contribution is -2.39. The lowest BCUT2D eigenvalue weighted by Gasteiger charge is -2.13. The zero-order chi connectivity index (χ0) is 16.6. The van der Waals surface area contributed by atoms with Gasteiger partial charge in [0, 0.05) is 10.3 Å². The van der Waals surface area contributed by atoms with Gasteiger partial charge in [0.1, 0.15) is 15.7 Å². The topological polar surface area (TPSA) is 98.0 Å². The Morgan fingerprint density at radius 1 is 1.30 bits per heavy atom. The third-order valence-corrected chi connectivity index (χ3v) is 6.07. The average Bonchev–Trinajstić information content (AvgIpc) is 2.84. The Balaban J connectivity index is 1.98. The van der Waals surface area contributed by atoms with Crippen LogP contribution in [0, 0.1) is 6.92 Å². The number of hydrogen-bond donors (Lipinski definition) is 2. The summed E-state index contributed by atoms with van der Waals surface area (Å²) in [6.07, 6.45) is 4.52. The Bertz CT molecular complexity index is 787. The fourth-order valence-corrected chi connectivity index (χ4v) is 5.15. The molecule has 2 aromatic heterocycles. The standard InChI is InChI=1S/C15H18N4O2S2/c1-7(12(20)19-15(16)21)22-13-11-9-5-3-4-6-10(9)23-14(11)18-8(2)17-13/h7H,3-6H2,1-2H3,(H3,16,19,20,21). The van der Waals surface area contributed by atoms with E-state index in [0.29, 0.717) is 5.82 Å². The van der Waals surface area contributed by atoms with Crippen LogP contribution in [0.5, 0.6) is 0 Å². The highest BCUT2D eigenvalue weighted by Crippen LogP contribution is 2.40. The largest absolute Gasteiger partial charge is 0.351 e. The van der Waals surface area contributed by atoms with Crippen molar-refractivity contribution in [3.8, 4) is 0 Å². The minimum Gasteiger partial charge on any atom is -0.351 e. The highest BCUT2D eigenvalue weighted by atomic mass is 32.2. The van der Waals surface area contributed by atoms with Crippen LogP contribution in [0.15, 0.2) is 5.03 Å². The Morgan fingerprint density at radius 3 is 2.78 bits per heavy atom. The monoisotopic (exact) mass is 350 g/mol. The van der Waals surface area contributed by atoms with Gasteiger partial charge in [0.2, 0.25) is 5.91 Å². The van der Waals surface area contributed by atoms with Crippen molar-refractivity contribution in [1.82, 2.24) is 15.3 Å². The second-order valence-electron chi connectivity index (χ2n) is 5.58. The number of thiophene rings is 1. The molecular formula is C15H18N4O2S2. The van der Waals surface area contributed by atoms with Crippen molar-refractivity contribution < 1.29 is 9.59 Å². The van der Waals surface area contributed by atoms with E-state index in [2.05, 4.69) is 15.3 Å². The number of hydrogen-bond acceptors (Lipinski definition) is 6. The molecule has 0 radical (unpaired) electrons. The summed E-state index contributed by atoms with van der Waals surface area (Å²) in [6.45, 7) is 3.60. The Hall–Kier alpha value is -1.67. The lowest BCUT2D eigenvalue weighted by molar-refractivity contribution is -0.119. The quantitative estimate of drug-likeness (QED) is 0.655. The van der Waals surface area contributed by atoms with Gasteiger partial charge in [-0.05, 0) is 45.1 Å². The number of aryl methyl sites for hydroxylation is 3. The molecule has 0 aromatic carbocycles. The molecule has 8 heteroatoms. The van der Waals surface area contributed by atoms with E-state index < -0.39 is 17.2 Å². The maximum absolute atomic E-state index is 11.9. The number of nitrogens with two attached hydrogens (primary N) is 1. The molecule has 2 aromatic rings. The first-order chi connectivity index (χ1) is 11.0. The van der Waals surface area contributed by atoms with Crippen molar-refractivity contribution in [1.29, 1.82) is 0 Å². The molecular weight excluding hydrogens is 332 g/mol. The molecule has 0 aliphatic heterocycles. The fraction of sp³-hybridized carbons (Fsp3) is 0.467. The molecule has 122 valence electrons. The molecule has 2 heterocycles. The number of carbonyl (C=O) groups excluding carboxylic acids is 2. The van der Waals surface area contributed by atoms with E-state index >= 15 is 0 Å². The number of nitrogens with zero attached hydrogens (tertiary/aromatic N) is 2.